The van der Waals surface area contributed by atoms with Crippen LogP contribution in [0.4, 0.5) is 13.2 Å². The molecule has 1 aromatic carbocycles. The van der Waals surface area contributed by atoms with Crippen molar-refractivity contribution in [1.29, 1.82) is 0 Å². The summed E-state index contributed by atoms with van der Waals surface area (Å²) in [6.07, 6.45) is -2.55. The predicted octanol–water partition coefficient (Wildman–Crippen LogP) is 3.32. The number of carbonyl (C=O) groups is 2. The van der Waals surface area contributed by atoms with Gasteiger partial charge >= 0.3 is 12.1 Å². The van der Waals surface area contributed by atoms with E-state index in [4.69, 9.17) is 5.11 Å². The Labute approximate surface area is 147 Å². The van der Waals surface area contributed by atoms with E-state index < -0.39 is 29.7 Å². The minimum Gasteiger partial charge on any atom is -0.476 e. The molecule has 2 aromatic rings. The van der Waals surface area contributed by atoms with Gasteiger partial charge in [-0.15, -0.1) is 0 Å². The van der Waals surface area contributed by atoms with E-state index in [0.717, 1.165) is 24.5 Å². The zero-order valence-electron chi connectivity index (χ0n) is 13.9. The number of nitrogens with zero attached hydrogens (tertiary/aromatic N) is 2. The molecule has 138 valence electrons. The molecule has 1 atom stereocenters. The lowest BCUT2D eigenvalue weighted by atomic mass is 9.94. The maximum Gasteiger partial charge on any atom is 0.416 e. The van der Waals surface area contributed by atoms with Crippen LogP contribution in [0.15, 0.2) is 36.7 Å². The van der Waals surface area contributed by atoms with Gasteiger partial charge in [-0.3, -0.25) is 4.79 Å². The number of nitrogens with one attached hydrogen (secondary N) is 1. The van der Waals surface area contributed by atoms with Gasteiger partial charge in [0.25, 0.3) is 5.91 Å². The fraction of sp³-hybridized carbons (Fsp3) is 0.294. The number of rotatable bonds is 5. The summed E-state index contributed by atoms with van der Waals surface area (Å²) in [5.41, 5.74) is -0.953. The first-order valence-corrected chi connectivity index (χ1v) is 7.63. The molecule has 2 rings (SSSR count). The number of hydrogen-bond donors (Lipinski definition) is 2. The Morgan fingerprint density at radius 2 is 1.73 bits per heavy atom. The van der Waals surface area contributed by atoms with Gasteiger partial charge in [0.1, 0.15) is 5.69 Å². The third-order valence-corrected chi connectivity index (χ3v) is 3.63. The van der Waals surface area contributed by atoms with E-state index in [0.29, 0.717) is 5.56 Å². The van der Waals surface area contributed by atoms with Gasteiger partial charge in [-0.25, -0.2) is 14.8 Å². The average Bonchev–Trinajstić information content (AvgIpc) is 2.58. The topological polar surface area (TPSA) is 92.2 Å². The van der Waals surface area contributed by atoms with Crippen molar-refractivity contribution < 1.29 is 27.9 Å². The zero-order valence-corrected chi connectivity index (χ0v) is 13.9. The summed E-state index contributed by atoms with van der Waals surface area (Å²) < 4.78 is 38.7. The van der Waals surface area contributed by atoms with Crippen LogP contribution < -0.4 is 5.32 Å². The lowest BCUT2D eigenvalue weighted by Crippen LogP contribution is -2.32. The van der Waals surface area contributed by atoms with E-state index in [1.807, 2.05) is 0 Å². The Hall–Kier alpha value is -2.97. The first-order valence-electron chi connectivity index (χ1n) is 7.63. The maximum atomic E-state index is 12.9. The Kier molecular flexibility index (Phi) is 5.59. The van der Waals surface area contributed by atoms with E-state index in [9.17, 15) is 22.8 Å². The molecule has 2 N–H and O–H groups in total. The Balaban J connectivity index is 2.25. The van der Waals surface area contributed by atoms with Crippen LogP contribution in [0.5, 0.6) is 0 Å². The van der Waals surface area contributed by atoms with E-state index >= 15 is 0 Å². The van der Waals surface area contributed by atoms with Gasteiger partial charge in [-0.1, -0.05) is 26.0 Å². The number of aromatic nitrogens is 2. The summed E-state index contributed by atoms with van der Waals surface area (Å²) in [5, 5.41) is 11.4. The van der Waals surface area contributed by atoms with Crippen molar-refractivity contribution in [2.45, 2.75) is 26.1 Å². The summed E-state index contributed by atoms with van der Waals surface area (Å²) in [6.45, 7) is 3.51. The van der Waals surface area contributed by atoms with Crippen LogP contribution in [0.25, 0.3) is 0 Å². The number of halogens is 3. The summed E-state index contributed by atoms with van der Waals surface area (Å²) >= 11 is 0. The minimum atomic E-state index is -4.49. The number of amides is 1. The van der Waals surface area contributed by atoms with E-state index in [1.165, 1.54) is 12.1 Å². The summed E-state index contributed by atoms with van der Waals surface area (Å²) in [4.78, 5) is 30.4. The highest BCUT2D eigenvalue weighted by Crippen LogP contribution is 2.32. The fourth-order valence-corrected chi connectivity index (χ4v) is 2.31. The zero-order chi connectivity index (χ0) is 19.5. The molecule has 9 heteroatoms. The van der Waals surface area contributed by atoms with E-state index in [-0.39, 0.29) is 17.3 Å². The first-order chi connectivity index (χ1) is 12.1. The summed E-state index contributed by atoms with van der Waals surface area (Å²) in [5.74, 6) is -2.15. The number of hydrogen-bond acceptors (Lipinski definition) is 4. The summed E-state index contributed by atoms with van der Waals surface area (Å²) in [6, 6.07) is 4.04. The van der Waals surface area contributed by atoms with Gasteiger partial charge in [0.05, 0.1) is 24.0 Å². The van der Waals surface area contributed by atoms with Gasteiger partial charge in [0.2, 0.25) is 0 Å². The predicted molar refractivity (Wildman–Crippen MR) is 85.5 cm³/mol. The smallest absolute Gasteiger partial charge is 0.416 e. The molecule has 1 aromatic heterocycles. The molecule has 0 bridgehead atoms. The number of aromatic carboxylic acids is 1. The SMILES string of the molecule is CC(C)C(NC(=O)c1cnc(C(=O)O)cn1)c1cccc(C(F)(F)F)c1. The van der Waals surface area contributed by atoms with Crippen LogP contribution in [-0.4, -0.2) is 27.0 Å². The molecule has 0 aliphatic rings. The molecular formula is C17H16F3N3O3. The van der Waals surface area contributed by atoms with Crippen molar-refractivity contribution >= 4 is 11.9 Å². The van der Waals surface area contributed by atoms with Crippen molar-refractivity contribution in [3.63, 3.8) is 0 Å². The Morgan fingerprint density at radius 3 is 2.23 bits per heavy atom. The maximum absolute atomic E-state index is 12.9. The second kappa shape index (κ2) is 7.51. The van der Waals surface area contributed by atoms with Crippen LogP contribution in [0, 0.1) is 5.92 Å². The molecule has 0 radical (unpaired) electrons. The molecular weight excluding hydrogens is 351 g/mol. The van der Waals surface area contributed by atoms with Gasteiger partial charge < -0.3 is 10.4 Å². The monoisotopic (exact) mass is 367 g/mol. The second-order valence-electron chi connectivity index (χ2n) is 5.91. The van der Waals surface area contributed by atoms with Crippen LogP contribution in [0.2, 0.25) is 0 Å². The lowest BCUT2D eigenvalue weighted by Gasteiger charge is -2.23. The molecule has 0 spiro atoms. The molecule has 1 heterocycles. The van der Waals surface area contributed by atoms with Crippen molar-refractivity contribution in [1.82, 2.24) is 15.3 Å². The van der Waals surface area contributed by atoms with Crippen LogP contribution >= 0.6 is 0 Å². The van der Waals surface area contributed by atoms with Gasteiger partial charge in [-0.2, -0.15) is 13.2 Å². The molecule has 1 unspecified atom stereocenters. The molecule has 0 aliphatic carbocycles. The van der Waals surface area contributed by atoms with Crippen LogP contribution in [0.3, 0.4) is 0 Å². The normalized spacial score (nSPS) is 12.7. The highest BCUT2D eigenvalue weighted by atomic mass is 19.4. The van der Waals surface area contributed by atoms with Crippen molar-refractivity contribution in [2.75, 3.05) is 0 Å². The second-order valence-corrected chi connectivity index (χ2v) is 5.91. The number of alkyl halides is 3. The van der Waals surface area contributed by atoms with Gasteiger partial charge in [0, 0.05) is 0 Å². The molecule has 0 saturated carbocycles. The van der Waals surface area contributed by atoms with Crippen LogP contribution in [-0.2, 0) is 6.18 Å². The number of carboxylic acids is 1. The highest BCUT2D eigenvalue weighted by molar-refractivity contribution is 5.93. The standard InChI is InChI=1S/C17H16F3N3O3/c1-9(2)14(10-4-3-5-11(6-10)17(18,19)20)23-15(24)12-7-22-13(8-21-12)16(25)26/h3-9,14H,1-2H3,(H,23,24)(H,25,26). The van der Waals surface area contributed by atoms with Gasteiger partial charge in [-0.05, 0) is 23.6 Å². The average molecular weight is 367 g/mol. The van der Waals surface area contributed by atoms with Crippen molar-refractivity contribution in [2.24, 2.45) is 5.92 Å². The highest BCUT2D eigenvalue weighted by Gasteiger charge is 2.31. The number of carboxylic acid groups (broad SMARTS) is 1. The quantitative estimate of drug-likeness (QED) is 0.846. The molecule has 0 aliphatic heterocycles. The third-order valence-electron chi connectivity index (χ3n) is 3.63. The minimum absolute atomic E-state index is 0.132. The lowest BCUT2D eigenvalue weighted by molar-refractivity contribution is -0.137. The molecule has 1 amide bonds. The molecule has 0 fully saturated rings. The molecule has 0 saturated heterocycles. The van der Waals surface area contributed by atoms with Crippen LogP contribution in [0.1, 0.15) is 52.0 Å². The molecule has 26 heavy (non-hydrogen) atoms. The number of benzene rings is 1. The molecule has 6 nitrogen and oxygen atoms in total. The first kappa shape index (κ1) is 19.4. The van der Waals surface area contributed by atoms with Gasteiger partial charge in [0.15, 0.2) is 5.69 Å². The fourth-order valence-electron chi connectivity index (χ4n) is 2.31. The van der Waals surface area contributed by atoms with E-state index in [2.05, 4.69) is 15.3 Å². The Morgan fingerprint density at radius 1 is 1.12 bits per heavy atom. The number of carbonyl (C=O) groups excluding carboxylic acids is 1. The van der Waals surface area contributed by atoms with Crippen molar-refractivity contribution in [3.8, 4) is 0 Å². The largest absolute Gasteiger partial charge is 0.476 e. The summed E-state index contributed by atoms with van der Waals surface area (Å²) in [7, 11) is 0. The Bertz CT molecular complexity index is 805. The van der Waals surface area contributed by atoms with E-state index in [1.54, 1.807) is 13.8 Å². The third kappa shape index (κ3) is 4.56. The van der Waals surface area contributed by atoms with Crippen molar-refractivity contribution in [3.05, 3.63) is 59.2 Å².